The number of esters is 1. The predicted octanol–water partition coefficient (Wildman–Crippen LogP) is -2.74. The largest absolute Gasteiger partial charge is 0.481 e. The van der Waals surface area contributed by atoms with Gasteiger partial charge in [-0.15, -0.1) is 0 Å². The topological polar surface area (TPSA) is 179 Å². The van der Waals surface area contributed by atoms with Crippen molar-refractivity contribution in [2.45, 2.75) is 24.7 Å². The van der Waals surface area contributed by atoms with Crippen molar-refractivity contribution in [2.24, 2.45) is 0 Å². The Hall–Kier alpha value is -2.20. The van der Waals surface area contributed by atoms with Crippen LogP contribution in [0.4, 0.5) is 0 Å². The minimum Gasteiger partial charge on any atom is -0.481 e. The lowest BCUT2D eigenvalue weighted by atomic mass is 10.2. The molecule has 0 aliphatic heterocycles. The molecule has 1 unspecified atom stereocenters. The summed E-state index contributed by atoms with van der Waals surface area (Å²) < 4.78 is 4.02. The number of carbonyl (C=O) groups excluding carboxylic acids is 1. The van der Waals surface area contributed by atoms with Crippen molar-refractivity contribution in [1.29, 1.82) is 0 Å². The zero-order valence-corrected chi connectivity index (χ0v) is 8.72. The van der Waals surface area contributed by atoms with Gasteiger partial charge < -0.3 is 30.3 Å². The van der Waals surface area contributed by atoms with Crippen LogP contribution in [0.25, 0.3) is 0 Å². The molecule has 18 heavy (non-hydrogen) atoms. The van der Waals surface area contributed by atoms with Crippen LogP contribution in [0.1, 0.15) is 6.42 Å². The molecule has 0 rings (SSSR count). The Morgan fingerprint density at radius 2 is 1.44 bits per heavy atom. The van der Waals surface area contributed by atoms with Gasteiger partial charge in [-0.2, -0.15) is 0 Å². The van der Waals surface area contributed by atoms with Crippen LogP contribution in [0.15, 0.2) is 0 Å². The summed E-state index contributed by atoms with van der Waals surface area (Å²) in [7, 11) is 0. The third kappa shape index (κ3) is 4.76. The van der Waals surface area contributed by atoms with Gasteiger partial charge in [0.1, 0.15) is 0 Å². The molecule has 0 amide bonds. The minimum atomic E-state index is -2.54. The molecule has 3 atom stereocenters. The van der Waals surface area contributed by atoms with Gasteiger partial charge in [0.25, 0.3) is 0 Å². The van der Waals surface area contributed by atoms with E-state index in [2.05, 4.69) is 4.74 Å². The van der Waals surface area contributed by atoms with E-state index < -0.39 is 48.6 Å². The highest BCUT2D eigenvalue weighted by Gasteiger charge is 2.37. The SMILES string of the molecule is O=C(O)CC(O)C(=O)O[C@@H](C(=O)O)[C@@H](O)C(=O)O. The third-order valence-electron chi connectivity index (χ3n) is 1.67. The Morgan fingerprint density at radius 3 is 1.78 bits per heavy atom. The van der Waals surface area contributed by atoms with E-state index in [0.717, 1.165) is 0 Å². The van der Waals surface area contributed by atoms with E-state index in [1.165, 1.54) is 0 Å². The maximum Gasteiger partial charge on any atom is 0.348 e. The van der Waals surface area contributed by atoms with Gasteiger partial charge in [0.05, 0.1) is 6.42 Å². The highest BCUT2D eigenvalue weighted by Crippen LogP contribution is 2.05. The summed E-state index contributed by atoms with van der Waals surface area (Å²) in [6, 6.07) is 0. The Labute approximate surface area is 99.0 Å². The number of aliphatic carboxylic acids is 3. The van der Waals surface area contributed by atoms with E-state index in [-0.39, 0.29) is 0 Å². The fourth-order valence-corrected chi connectivity index (χ4v) is 0.832. The summed E-state index contributed by atoms with van der Waals surface area (Å²) in [5, 5.41) is 43.0. The molecule has 0 radical (unpaired) electrons. The number of hydrogen-bond acceptors (Lipinski definition) is 7. The van der Waals surface area contributed by atoms with Gasteiger partial charge in [0.15, 0.2) is 12.2 Å². The smallest absolute Gasteiger partial charge is 0.348 e. The number of aliphatic hydroxyl groups is 2. The molecule has 0 fully saturated rings. The number of carboxylic acid groups (broad SMARTS) is 3. The van der Waals surface area contributed by atoms with Crippen LogP contribution in [0.5, 0.6) is 0 Å². The van der Waals surface area contributed by atoms with Gasteiger partial charge in [0, 0.05) is 0 Å². The van der Waals surface area contributed by atoms with Crippen molar-refractivity contribution in [1.82, 2.24) is 0 Å². The molecular weight excluding hydrogens is 256 g/mol. The standard InChI is InChI=1S/C8H10O10/c9-2(1-3(10)11)8(17)18-5(7(15)16)4(12)6(13)14/h2,4-5,9,12H,1H2,(H,10,11)(H,13,14)(H,15,16)/t2?,4-,5-/m1/s1. The van der Waals surface area contributed by atoms with Crippen LogP contribution >= 0.6 is 0 Å². The van der Waals surface area contributed by atoms with Gasteiger partial charge in [-0.25, -0.2) is 14.4 Å². The zero-order valence-electron chi connectivity index (χ0n) is 8.72. The summed E-state index contributed by atoms with van der Waals surface area (Å²) in [5.41, 5.74) is 0. The first kappa shape index (κ1) is 15.8. The second-order valence-corrected chi connectivity index (χ2v) is 3.09. The lowest BCUT2D eigenvalue weighted by Gasteiger charge is -2.17. The summed E-state index contributed by atoms with van der Waals surface area (Å²) in [6.45, 7) is 0. The Bertz CT molecular complexity index is 361. The second-order valence-electron chi connectivity index (χ2n) is 3.09. The van der Waals surface area contributed by atoms with Crippen molar-refractivity contribution < 1.29 is 49.4 Å². The van der Waals surface area contributed by atoms with Crippen LogP contribution in [0.3, 0.4) is 0 Å². The van der Waals surface area contributed by atoms with Crippen LogP contribution in [-0.4, -0.2) is 67.7 Å². The van der Waals surface area contributed by atoms with E-state index in [1.54, 1.807) is 0 Å². The monoisotopic (exact) mass is 266 g/mol. The molecule has 0 bridgehead atoms. The molecule has 0 aliphatic carbocycles. The molecule has 0 aromatic heterocycles. The number of carboxylic acids is 3. The highest BCUT2D eigenvalue weighted by atomic mass is 16.6. The Balaban J connectivity index is 4.70. The summed E-state index contributed by atoms with van der Waals surface area (Å²) in [6.07, 6.45) is -8.19. The average molecular weight is 266 g/mol. The second kappa shape index (κ2) is 6.51. The van der Waals surface area contributed by atoms with Crippen LogP contribution < -0.4 is 0 Å². The molecule has 0 saturated heterocycles. The molecule has 102 valence electrons. The van der Waals surface area contributed by atoms with Gasteiger partial charge in [-0.1, -0.05) is 0 Å². The summed E-state index contributed by atoms with van der Waals surface area (Å²) in [4.78, 5) is 42.0. The maximum absolute atomic E-state index is 11.0. The quantitative estimate of drug-likeness (QED) is 0.303. The Morgan fingerprint density at radius 1 is 0.944 bits per heavy atom. The lowest BCUT2D eigenvalue weighted by molar-refractivity contribution is -0.183. The van der Waals surface area contributed by atoms with E-state index in [0.29, 0.717) is 0 Å². The fourth-order valence-electron chi connectivity index (χ4n) is 0.832. The van der Waals surface area contributed by atoms with E-state index >= 15 is 0 Å². The van der Waals surface area contributed by atoms with Crippen molar-refractivity contribution in [3.8, 4) is 0 Å². The molecule has 0 heterocycles. The maximum atomic E-state index is 11.0. The molecule has 0 aliphatic rings. The van der Waals surface area contributed by atoms with Crippen molar-refractivity contribution in [3.63, 3.8) is 0 Å². The number of carbonyl (C=O) groups is 4. The van der Waals surface area contributed by atoms with Crippen LogP contribution in [-0.2, 0) is 23.9 Å². The van der Waals surface area contributed by atoms with Gasteiger partial charge in [0.2, 0.25) is 6.10 Å². The van der Waals surface area contributed by atoms with Crippen molar-refractivity contribution in [2.75, 3.05) is 0 Å². The number of aliphatic hydroxyl groups excluding tert-OH is 2. The third-order valence-corrected chi connectivity index (χ3v) is 1.67. The normalized spacial score (nSPS) is 15.2. The minimum absolute atomic E-state index is 1.05. The first-order valence-corrected chi connectivity index (χ1v) is 4.40. The van der Waals surface area contributed by atoms with Crippen molar-refractivity contribution >= 4 is 23.9 Å². The highest BCUT2D eigenvalue weighted by molar-refractivity contribution is 5.87. The molecule has 0 saturated carbocycles. The van der Waals surface area contributed by atoms with E-state index in [9.17, 15) is 19.2 Å². The van der Waals surface area contributed by atoms with Gasteiger partial charge >= 0.3 is 23.9 Å². The first-order chi connectivity index (χ1) is 8.16. The van der Waals surface area contributed by atoms with Crippen molar-refractivity contribution in [3.05, 3.63) is 0 Å². The average Bonchev–Trinajstić information content (AvgIpc) is 2.22. The molecular formula is C8H10O10. The molecule has 10 nitrogen and oxygen atoms in total. The summed E-state index contributed by atoms with van der Waals surface area (Å²) in [5.74, 6) is -7.13. The molecule has 0 aromatic carbocycles. The van der Waals surface area contributed by atoms with Crippen LogP contribution in [0, 0.1) is 0 Å². The lowest BCUT2D eigenvalue weighted by Crippen LogP contribution is -2.44. The number of rotatable bonds is 7. The van der Waals surface area contributed by atoms with Gasteiger partial charge in [-0.3, -0.25) is 4.79 Å². The van der Waals surface area contributed by atoms with Gasteiger partial charge in [-0.05, 0) is 0 Å². The zero-order chi connectivity index (χ0) is 14.5. The molecule has 10 heteroatoms. The molecule has 0 spiro atoms. The first-order valence-electron chi connectivity index (χ1n) is 4.40. The molecule has 0 aromatic rings. The van der Waals surface area contributed by atoms with E-state index in [4.69, 9.17) is 25.5 Å². The molecule has 5 N–H and O–H groups in total. The van der Waals surface area contributed by atoms with E-state index in [1.807, 2.05) is 0 Å². The fraction of sp³-hybridized carbons (Fsp3) is 0.500. The Kier molecular flexibility index (Phi) is 5.72. The number of ether oxygens (including phenoxy) is 1. The predicted molar refractivity (Wildman–Crippen MR) is 49.4 cm³/mol. The summed E-state index contributed by atoms with van der Waals surface area (Å²) >= 11 is 0. The van der Waals surface area contributed by atoms with Crippen LogP contribution in [0.2, 0.25) is 0 Å². The number of hydrogen-bond donors (Lipinski definition) is 5.